The van der Waals surface area contributed by atoms with Gasteiger partial charge >= 0.3 is 0 Å². The molecule has 0 atom stereocenters. The van der Waals surface area contributed by atoms with E-state index in [0.29, 0.717) is 17.5 Å². The number of fused-ring (bicyclic) bond motifs is 7. The average Bonchev–Trinajstić information content (AvgIpc) is 3.54. The normalized spacial score (nSPS) is 11.7. The Morgan fingerprint density at radius 3 is 1.71 bits per heavy atom. The average molecular weight is 642 g/mol. The van der Waals surface area contributed by atoms with Gasteiger partial charge in [0.1, 0.15) is 0 Å². The Bertz CT molecular complexity index is 2820. The molecule has 0 saturated heterocycles. The van der Waals surface area contributed by atoms with Crippen LogP contribution >= 0.6 is 11.3 Å². The van der Waals surface area contributed by atoms with Gasteiger partial charge in [-0.2, -0.15) is 0 Å². The molecule has 10 aromatic rings. The molecule has 0 radical (unpaired) electrons. The number of benzene rings is 8. The van der Waals surface area contributed by atoms with Crippen LogP contribution in [-0.2, 0) is 0 Å². The van der Waals surface area contributed by atoms with Gasteiger partial charge in [-0.25, -0.2) is 15.0 Å². The van der Waals surface area contributed by atoms with E-state index in [1.807, 2.05) is 47.7 Å². The summed E-state index contributed by atoms with van der Waals surface area (Å²) in [6.07, 6.45) is 0. The zero-order valence-corrected chi connectivity index (χ0v) is 27.2. The van der Waals surface area contributed by atoms with Crippen molar-refractivity contribution >= 4 is 63.8 Å². The molecule has 2 heterocycles. The van der Waals surface area contributed by atoms with Crippen LogP contribution in [0.2, 0.25) is 0 Å². The molecular weight excluding hydrogens is 615 g/mol. The highest BCUT2D eigenvalue weighted by Crippen LogP contribution is 2.41. The van der Waals surface area contributed by atoms with Crippen LogP contribution in [0.25, 0.3) is 97.8 Å². The molecule has 0 unspecified atom stereocenters. The van der Waals surface area contributed by atoms with E-state index in [2.05, 4.69) is 127 Å². The van der Waals surface area contributed by atoms with Gasteiger partial charge in [0.05, 0.1) is 0 Å². The molecule has 0 aliphatic rings. The van der Waals surface area contributed by atoms with Crippen molar-refractivity contribution in [3.8, 4) is 45.3 Å². The fourth-order valence-electron chi connectivity index (χ4n) is 7.04. The molecule has 49 heavy (non-hydrogen) atoms. The third kappa shape index (κ3) is 4.76. The molecule has 2 aromatic heterocycles. The summed E-state index contributed by atoms with van der Waals surface area (Å²) < 4.78 is 2.63. The number of aromatic nitrogens is 3. The topological polar surface area (TPSA) is 38.7 Å². The lowest BCUT2D eigenvalue weighted by atomic mass is 9.91. The predicted molar refractivity (Wildman–Crippen MR) is 207 cm³/mol. The van der Waals surface area contributed by atoms with Crippen LogP contribution in [0.15, 0.2) is 164 Å². The fourth-order valence-corrected chi connectivity index (χ4v) is 8.18. The summed E-state index contributed by atoms with van der Waals surface area (Å²) in [5.41, 5.74) is 5.09. The summed E-state index contributed by atoms with van der Waals surface area (Å²) in [6.45, 7) is 0. The predicted octanol–water partition coefficient (Wildman–Crippen LogP) is 12.4. The number of hydrogen-bond donors (Lipinski definition) is 0. The molecule has 3 nitrogen and oxygen atoms in total. The smallest absolute Gasteiger partial charge is 0.164 e. The molecule has 4 heteroatoms. The summed E-state index contributed by atoms with van der Waals surface area (Å²) in [5.74, 6) is 1.95. The second kappa shape index (κ2) is 11.2. The van der Waals surface area contributed by atoms with Gasteiger partial charge in [0.2, 0.25) is 0 Å². The van der Waals surface area contributed by atoms with E-state index in [-0.39, 0.29) is 0 Å². The summed E-state index contributed by atoms with van der Waals surface area (Å²) in [6, 6.07) is 58.1. The van der Waals surface area contributed by atoms with E-state index in [9.17, 15) is 0 Å². The Labute approximate surface area is 286 Å². The molecule has 0 bridgehead atoms. The minimum atomic E-state index is 0.650. The highest BCUT2D eigenvalue weighted by Gasteiger charge is 2.18. The van der Waals surface area contributed by atoms with Crippen LogP contribution in [0.5, 0.6) is 0 Å². The van der Waals surface area contributed by atoms with E-state index in [1.54, 1.807) is 0 Å². The van der Waals surface area contributed by atoms with Crippen LogP contribution in [-0.4, -0.2) is 15.0 Å². The lowest BCUT2D eigenvalue weighted by Gasteiger charge is -2.15. The van der Waals surface area contributed by atoms with Crippen molar-refractivity contribution in [3.05, 3.63) is 164 Å². The van der Waals surface area contributed by atoms with Crippen LogP contribution in [0.4, 0.5) is 0 Å². The number of thiophene rings is 1. The molecule has 8 aromatic carbocycles. The van der Waals surface area contributed by atoms with Gasteiger partial charge < -0.3 is 0 Å². The Hall–Kier alpha value is -6.23. The van der Waals surface area contributed by atoms with Crippen molar-refractivity contribution < 1.29 is 0 Å². The maximum absolute atomic E-state index is 5.18. The van der Waals surface area contributed by atoms with Gasteiger partial charge in [0.25, 0.3) is 0 Å². The SMILES string of the molecule is c1ccc(-c2nc(-c3ccccc3)nc(-c3cc4c(ccc5ccccc54)cc3-c3ccc4cc5sc6ccccc6c5cc4c3)n2)cc1. The maximum Gasteiger partial charge on any atom is 0.164 e. The van der Waals surface area contributed by atoms with E-state index in [1.165, 1.54) is 52.5 Å². The van der Waals surface area contributed by atoms with Crippen molar-refractivity contribution in [1.82, 2.24) is 15.0 Å². The van der Waals surface area contributed by atoms with E-state index in [0.717, 1.165) is 27.8 Å². The Kier molecular flexibility index (Phi) is 6.36. The summed E-state index contributed by atoms with van der Waals surface area (Å²) in [5, 5.41) is 9.81. The van der Waals surface area contributed by atoms with Gasteiger partial charge in [0.15, 0.2) is 17.5 Å². The Balaban J connectivity index is 1.26. The third-order valence-electron chi connectivity index (χ3n) is 9.47. The van der Waals surface area contributed by atoms with Gasteiger partial charge in [-0.3, -0.25) is 0 Å². The molecule has 0 amide bonds. The van der Waals surface area contributed by atoms with Crippen LogP contribution in [0.3, 0.4) is 0 Å². The van der Waals surface area contributed by atoms with Gasteiger partial charge in [-0.1, -0.05) is 127 Å². The molecular formula is C45H27N3S. The Morgan fingerprint density at radius 1 is 0.306 bits per heavy atom. The van der Waals surface area contributed by atoms with Crippen LogP contribution in [0.1, 0.15) is 0 Å². The zero-order chi connectivity index (χ0) is 32.3. The van der Waals surface area contributed by atoms with Crippen molar-refractivity contribution in [2.75, 3.05) is 0 Å². The first-order valence-corrected chi connectivity index (χ1v) is 17.3. The van der Waals surface area contributed by atoms with Crippen molar-refractivity contribution in [2.45, 2.75) is 0 Å². The van der Waals surface area contributed by atoms with Crippen molar-refractivity contribution in [3.63, 3.8) is 0 Å². The fraction of sp³-hybridized carbons (Fsp3) is 0. The van der Waals surface area contributed by atoms with Crippen molar-refractivity contribution in [2.24, 2.45) is 0 Å². The van der Waals surface area contributed by atoms with Gasteiger partial charge in [-0.05, 0) is 79.8 Å². The number of hydrogen-bond acceptors (Lipinski definition) is 4. The molecule has 10 rings (SSSR count). The number of rotatable bonds is 4. The lowest BCUT2D eigenvalue weighted by molar-refractivity contribution is 1.07. The summed E-state index contributed by atoms with van der Waals surface area (Å²) in [7, 11) is 0. The van der Waals surface area contributed by atoms with E-state index < -0.39 is 0 Å². The summed E-state index contributed by atoms with van der Waals surface area (Å²) >= 11 is 1.86. The van der Waals surface area contributed by atoms with Crippen LogP contribution in [0, 0.1) is 0 Å². The minimum Gasteiger partial charge on any atom is -0.208 e. The molecule has 0 aliphatic carbocycles. The number of nitrogens with zero attached hydrogens (tertiary/aromatic N) is 3. The highest BCUT2D eigenvalue weighted by atomic mass is 32.1. The third-order valence-corrected chi connectivity index (χ3v) is 10.6. The second-order valence-corrected chi connectivity index (χ2v) is 13.5. The first-order valence-electron chi connectivity index (χ1n) is 16.4. The zero-order valence-electron chi connectivity index (χ0n) is 26.3. The monoisotopic (exact) mass is 641 g/mol. The quantitative estimate of drug-likeness (QED) is 0.180. The van der Waals surface area contributed by atoms with Crippen LogP contribution < -0.4 is 0 Å². The first kappa shape index (κ1) is 27.8. The molecule has 0 fully saturated rings. The Morgan fingerprint density at radius 2 is 0.939 bits per heavy atom. The largest absolute Gasteiger partial charge is 0.208 e. The lowest BCUT2D eigenvalue weighted by Crippen LogP contribution is -2.01. The molecule has 0 aliphatic heterocycles. The van der Waals surface area contributed by atoms with Gasteiger partial charge in [-0.15, -0.1) is 11.3 Å². The highest BCUT2D eigenvalue weighted by molar-refractivity contribution is 7.25. The van der Waals surface area contributed by atoms with Gasteiger partial charge in [0, 0.05) is 36.9 Å². The minimum absolute atomic E-state index is 0.650. The van der Waals surface area contributed by atoms with E-state index >= 15 is 0 Å². The van der Waals surface area contributed by atoms with E-state index in [4.69, 9.17) is 15.0 Å². The molecule has 0 saturated carbocycles. The maximum atomic E-state index is 5.18. The molecule has 228 valence electrons. The standard InChI is InChI=1S/C45H27N3S/c1-3-12-29(13-4-1)43-46-44(30-14-5-2-6-15-30)48-45(47-43)40-27-38-33(21-19-28-11-7-8-16-35(28)38)24-37(40)32-22-20-31-26-42-39(25-34(31)23-32)36-17-9-10-18-41(36)49-42/h1-27H. The molecule has 0 N–H and O–H groups in total. The van der Waals surface area contributed by atoms with Crippen molar-refractivity contribution in [1.29, 1.82) is 0 Å². The first-order chi connectivity index (χ1) is 24.2. The molecule has 0 spiro atoms. The summed E-state index contributed by atoms with van der Waals surface area (Å²) in [4.78, 5) is 15.3. The second-order valence-electron chi connectivity index (χ2n) is 12.5.